The maximum atomic E-state index is 13.9. The Labute approximate surface area is 189 Å². The zero-order valence-corrected chi connectivity index (χ0v) is 17.5. The van der Waals surface area contributed by atoms with E-state index in [4.69, 9.17) is 4.74 Å². The summed E-state index contributed by atoms with van der Waals surface area (Å²) in [5, 5.41) is 5.23. The van der Waals surface area contributed by atoms with Crippen molar-refractivity contribution in [1.82, 2.24) is 10.2 Å². The Balaban J connectivity index is 1.46. The molecule has 0 aliphatic carbocycles. The highest BCUT2D eigenvalue weighted by molar-refractivity contribution is 6.14. The molecule has 2 N–H and O–H groups in total. The summed E-state index contributed by atoms with van der Waals surface area (Å²) in [5.74, 6) is -1.06. The fourth-order valence-electron chi connectivity index (χ4n) is 3.26. The normalized spacial score (nSPS) is 14.3. The third-order valence-corrected chi connectivity index (χ3v) is 4.88. The van der Waals surface area contributed by atoms with Crippen molar-refractivity contribution in [3.63, 3.8) is 0 Å². The molecule has 1 aliphatic rings. The SMILES string of the molecule is O=C(COc1ccccc1/C=C1/NC(=O)N(Cc2ccccc2F)C1=O)Nc1ccccc1. The number of benzene rings is 3. The topological polar surface area (TPSA) is 87.7 Å². The number of para-hydroxylation sites is 2. The van der Waals surface area contributed by atoms with Crippen LogP contribution >= 0.6 is 0 Å². The van der Waals surface area contributed by atoms with Gasteiger partial charge in [0.25, 0.3) is 11.8 Å². The first-order valence-corrected chi connectivity index (χ1v) is 10.2. The van der Waals surface area contributed by atoms with Gasteiger partial charge in [-0.2, -0.15) is 0 Å². The molecule has 1 fully saturated rings. The van der Waals surface area contributed by atoms with E-state index in [1.54, 1.807) is 54.6 Å². The standard InChI is InChI=1S/C25H20FN3O4/c26-20-12-6-4-9-18(20)15-29-24(31)21(28-25(29)32)14-17-8-5-7-13-22(17)33-16-23(30)27-19-10-2-1-3-11-19/h1-14H,15-16H2,(H,27,30)(H,28,32)/b21-14+. The number of imide groups is 1. The number of nitrogens with zero attached hydrogens (tertiary/aromatic N) is 1. The van der Waals surface area contributed by atoms with E-state index in [2.05, 4.69) is 10.6 Å². The minimum absolute atomic E-state index is 0.0288. The number of rotatable bonds is 7. The Morgan fingerprint density at radius 3 is 2.45 bits per heavy atom. The quantitative estimate of drug-likeness (QED) is 0.426. The molecule has 0 radical (unpaired) electrons. The van der Waals surface area contributed by atoms with Gasteiger partial charge >= 0.3 is 6.03 Å². The second-order valence-electron chi connectivity index (χ2n) is 7.21. The molecule has 0 spiro atoms. The molecule has 166 valence electrons. The number of ether oxygens (including phenoxy) is 1. The molecule has 3 aromatic rings. The molecule has 8 heteroatoms. The summed E-state index contributed by atoms with van der Waals surface area (Å²) in [4.78, 5) is 38.2. The lowest BCUT2D eigenvalue weighted by Crippen LogP contribution is -2.30. The summed E-state index contributed by atoms with van der Waals surface area (Å²) in [5.41, 5.74) is 1.41. The first-order chi connectivity index (χ1) is 16.0. The van der Waals surface area contributed by atoms with E-state index >= 15 is 0 Å². The molecule has 1 heterocycles. The van der Waals surface area contributed by atoms with Gasteiger partial charge in [0.05, 0.1) is 6.54 Å². The summed E-state index contributed by atoms with van der Waals surface area (Å²) in [7, 11) is 0. The van der Waals surface area contributed by atoms with Crippen LogP contribution in [0.4, 0.5) is 14.9 Å². The van der Waals surface area contributed by atoms with Crippen LogP contribution in [0.5, 0.6) is 5.75 Å². The zero-order valence-electron chi connectivity index (χ0n) is 17.5. The molecule has 3 aromatic carbocycles. The summed E-state index contributed by atoms with van der Waals surface area (Å²) in [6.07, 6.45) is 1.46. The number of halogens is 1. The van der Waals surface area contributed by atoms with Gasteiger partial charge in [-0.15, -0.1) is 0 Å². The number of anilines is 1. The Hall–Kier alpha value is -4.46. The highest BCUT2D eigenvalue weighted by Gasteiger charge is 2.34. The van der Waals surface area contributed by atoms with E-state index in [9.17, 15) is 18.8 Å². The third kappa shape index (κ3) is 5.24. The molecule has 0 atom stereocenters. The molecule has 1 saturated heterocycles. The van der Waals surface area contributed by atoms with Crippen molar-refractivity contribution in [2.75, 3.05) is 11.9 Å². The third-order valence-electron chi connectivity index (χ3n) is 4.88. The summed E-state index contributed by atoms with van der Waals surface area (Å²) >= 11 is 0. The van der Waals surface area contributed by atoms with Crippen molar-refractivity contribution in [2.45, 2.75) is 6.54 Å². The monoisotopic (exact) mass is 445 g/mol. The van der Waals surface area contributed by atoms with Crippen molar-refractivity contribution >= 4 is 29.6 Å². The smallest absolute Gasteiger partial charge is 0.329 e. The lowest BCUT2D eigenvalue weighted by molar-refractivity contribution is -0.123. The Kier molecular flexibility index (Phi) is 6.45. The van der Waals surface area contributed by atoms with Gasteiger partial charge in [0.2, 0.25) is 0 Å². The first-order valence-electron chi connectivity index (χ1n) is 10.2. The van der Waals surface area contributed by atoms with Crippen LogP contribution in [-0.2, 0) is 16.1 Å². The van der Waals surface area contributed by atoms with Crippen LogP contribution in [0.3, 0.4) is 0 Å². The molecular formula is C25H20FN3O4. The fourth-order valence-corrected chi connectivity index (χ4v) is 3.26. The number of hydrogen-bond acceptors (Lipinski definition) is 4. The van der Waals surface area contributed by atoms with Crippen molar-refractivity contribution < 1.29 is 23.5 Å². The number of urea groups is 1. The zero-order chi connectivity index (χ0) is 23.2. The molecule has 7 nitrogen and oxygen atoms in total. The molecule has 0 aromatic heterocycles. The van der Waals surface area contributed by atoms with E-state index in [0.29, 0.717) is 17.0 Å². The highest BCUT2D eigenvalue weighted by atomic mass is 19.1. The molecule has 4 rings (SSSR count). The average Bonchev–Trinajstić information content (AvgIpc) is 3.08. The number of amides is 4. The second kappa shape index (κ2) is 9.78. The maximum Gasteiger partial charge on any atom is 0.329 e. The van der Waals surface area contributed by atoms with Gasteiger partial charge in [-0.05, 0) is 30.3 Å². The summed E-state index contributed by atoms with van der Waals surface area (Å²) < 4.78 is 19.6. The van der Waals surface area contributed by atoms with E-state index in [-0.39, 0.29) is 30.3 Å². The van der Waals surface area contributed by atoms with Crippen LogP contribution in [0.15, 0.2) is 84.6 Å². The van der Waals surface area contributed by atoms with E-state index in [1.807, 2.05) is 6.07 Å². The largest absolute Gasteiger partial charge is 0.483 e. The minimum Gasteiger partial charge on any atom is -0.483 e. The summed E-state index contributed by atoms with van der Waals surface area (Å²) in [6.45, 7) is -0.429. The average molecular weight is 445 g/mol. The van der Waals surface area contributed by atoms with Gasteiger partial charge < -0.3 is 15.4 Å². The van der Waals surface area contributed by atoms with E-state index in [0.717, 1.165) is 4.90 Å². The van der Waals surface area contributed by atoms with Crippen LogP contribution in [0.1, 0.15) is 11.1 Å². The molecule has 0 unspecified atom stereocenters. The van der Waals surface area contributed by atoms with Gasteiger partial charge in [-0.25, -0.2) is 9.18 Å². The van der Waals surface area contributed by atoms with Gasteiger partial charge in [0, 0.05) is 16.8 Å². The molecule has 0 saturated carbocycles. The van der Waals surface area contributed by atoms with Gasteiger partial charge in [0.1, 0.15) is 17.3 Å². The second-order valence-corrected chi connectivity index (χ2v) is 7.21. The van der Waals surface area contributed by atoms with Crippen molar-refractivity contribution in [1.29, 1.82) is 0 Å². The predicted octanol–water partition coefficient (Wildman–Crippen LogP) is 3.94. The number of nitrogens with one attached hydrogen (secondary N) is 2. The lowest BCUT2D eigenvalue weighted by atomic mass is 10.1. The first kappa shape index (κ1) is 21.8. The summed E-state index contributed by atoms with van der Waals surface area (Å²) in [6, 6.07) is 21.1. The predicted molar refractivity (Wildman–Crippen MR) is 120 cm³/mol. The lowest BCUT2D eigenvalue weighted by Gasteiger charge is -2.12. The molecule has 33 heavy (non-hydrogen) atoms. The van der Waals surface area contributed by atoms with Crippen LogP contribution in [0, 0.1) is 5.82 Å². The highest BCUT2D eigenvalue weighted by Crippen LogP contribution is 2.24. The Bertz CT molecular complexity index is 1230. The van der Waals surface area contributed by atoms with Crippen molar-refractivity contribution in [3.05, 3.63) is 102 Å². The van der Waals surface area contributed by atoms with Crippen molar-refractivity contribution in [2.24, 2.45) is 0 Å². The van der Waals surface area contributed by atoms with Crippen LogP contribution in [-0.4, -0.2) is 29.4 Å². The molecule has 4 amide bonds. The molecule has 0 bridgehead atoms. The van der Waals surface area contributed by atoms with Crippen LogP contribution < -0.4 is 15.4 Å². The number of carbonyl (C=O) groups excluding carboxylic acids is 3. The fraction of sp³-hybridized carbons (Fsp3) is 0.0800. The Morgan fingerprint density at radius 2 is 1.67 bits per heavy atom. The minimum atomic E-state index is -0.643. The van der Waals surface area contributed by atoms with Gasteiger partial charge in [-0.3, -0.25) is 14.5 Å². The van der Waals surface area contributed by atoms with E-state index in [1.165, 1.54) is 24.3 Å². The van der Waals surface area contributed by atoms with Crippen LogP contribution in [0.25, 0.3) is 6.08 Å². The van der Waals surface area contributed by atoms with Crippen LogP contribution in [0.2, 0.25) is 0 Å². The van der Waals surface area contributed by atoms with Gasteiger partial charge in [0.15, 0.2) is 6.61 Å². The molecule has 1 aliphatic heterocycles. The van der Waals surface area contributed by atoms with E-state index < -0.39 is 17.8 Å². The number of hydrogen-bond donors (Lipinski definition) is 2. The number of carbonyl (C=O) groups is 3. The maximum absolute atomic E-state index is 13.9. The van der Waals surface area contributed by atoms with Crippen molar-refractivity contribution in [3.8, 4) is 5.75 Å². The Morgan fingerprint density at radius 1 is 0.970 bits per heavy atom. The van der Waals surface area contributed by atoms with Gasteiger partial charge in [-0.1, -0.05) is 54.6 Å². The molecular weight excluding hydrogens is 425 g/mol.